The Labute approximate surface area is 80.7 Å². The Kier molecular flexibility index (Phi) is 3.36. The average molecular weight is 204 g/mol. The number of benzene rings is 1. The second-order valence-corrected chi connectivity index (χ2v) is 2.86. The molecule has 1 aromatic carbocycles. The van der Waals surface area contributed by atoms with Crippen molar-refractivity contribution in [1.29, 1.82) is 0 Å². The first-order valence-electron chi connectivity index (χ1n) is 3.61. The Morgan fingerprint density at radius 1 is 1.54 bits per heavy atom. The molecule has 72 valence electrons. The fourth-order valence-corrected chi connectivity index (χ4v) is 1.23. The summed E-state index contributed by atoms with van der Waals surface area (Å²) in [4.78, 5) is 0. The first kappa shape index (κ1) is 10.1. The van der Waals surface area contributed by atoms with Crippen LogP contribution in [0.25, 0.3) is 0 Å². The maximum atomic E-state index is 9.39. The highest BCUT2D eigenvalue weighted by Crippen LogP contribution is 2.31. The van der Waals surface area contributed by atoms with E-state index in [0.29, 0.717) is 16.3 Å². The summed E-state index contributed by atoms with van der Waals surface area (Å²) in [6.45, 7) is 0.134. The minimum atomic E-state index is 0.0304. The fraction of sp³-hybridized carbons (Fsp3) is 0.250. The molecule has 1 aromatic rings. The zero-order valence-electron chi connectivity index (χ0n) is 7.04. The van der Waals surface area contributed by atoms with Crippen LogP contribution in [0.4, 0.5) is 0 Å². The molecule has 0 bridgehead atoms. The summed E-state index contributed by atoms with van der Waals surface area (Å²) in [5.74, 6) is 0.434. The Morgan fingerprint density at radius 2 is 2.23 bits per heavy atom. The van der Waals surface area contributed by atoms with E-state index in [1.165, 1.54) is 19.2 Å². The predicted molar refractivity (Wildman–Crippen MR) is 48.3 cm³/mol. The predicted octanol–water partition coefficient (Wildman–Crippen LogP) is 1.53. The van der Waals surface area contributed by atoms with Crippen molar-refractivity contribution in [2.45, 2.75) is 6.54 Å². The van der Waals surface area contributed by atoms with Gasteiger partial charge in [-0.15, -0.1) is 0 Å². The monoisotopic (exact) mass is 203 g/mol. The van der Waals surface area contributed by atoms with Gasteiger partial charge in [0.1, 0.15) is 11.5 Å². The third-order valence-electron chi connectivity index (χ3n) is 1.62. The Morgan fingerprint density at radius 3 is 2.77 bits per heavy atom. The lowest BCUT2D eigenvalue weighted by molar-refractivity contribution is 0.160. The molecule has 5 heteroatoms. The van der Waals surface area contributed by atoms with Crippen LogP contribution in [0.1, 0.15) is 5.56 Å². The Balaban J connectivity index is 3.05. The molecule has 0 aromatic heterocycles. The van der Waals surface area contributed by atoms with Gasteiger partial charge in [-0.25, -0.2) is 5.48 Å². The molecule has 0 aliphatic rings. The highest BCUT2D eigenvalue weighted by atomic mass is 35.5. The van der Waals surface area contributed by atoms with Crippen molar-refractivity contribution in [1.82, 2.24) is 5.48 Å². The number of methoxy groups -OCH3 is 1. The number of ether oxygens (including phenoxy) is 1. The van der Waals surface area contributed by atoms with Crippen molar-refractivity contribution in [2.75, 3.05) is 7.11 Å². The number of rotatable bonds is 3. The molecule has 0 amide bonds. The molecular formula is C8H10ClNO3. The van der Waals surface area contributed by atoms with Gasteiger partial charge >= 0.3 is 0 Å². The smallest absolute Gasteiger partial charge is 0.141 e. The van der Waals surface area contributed by atoms with Gasteiger partial charge in [0.2, 0.25) is 0 Å². The third kappa shape index (κ3) is 2.24. The highest BCUT2D eigenvalue weighted by Gasteiger charge is 2.07. The lowest BCUT2D eigenvalue weighted by Crippen LogP contribution is -2.06. The summed E-state index contributed by atoms with van der Waals surface area (Å²) < 4.78 is 4.88. The van der Waals surface area contributed by atoms with Crippen LogP contribution < -0.4 is 10.2 Å². The Bertz CT molecular complexity index is 304. The number of halogens is 1. The van der Waals surface area contributed by atoms with E-state index in [-0.39, 0.29) is 12.3 Å². The average Bonchev–Trinajstić information content (AvgIpc) is 2.11. The zero-order chi connectivity index (χ0) is 9.84. The summed E-state index contributed by atoms with van der Waals surface area (Å²) in [6.07, 6.45) is 0. The van der Waals surface area contributed by atoms with Crippen molar-refractivity contribution < 1.29 is 15.1 Å². The van der Waals surface area contributed by atoms with Crippen LogP contribution in [0, 0.1) is 0 Å². The van der Waals surface area contributed by atoms with E-state index in [4.69, 9.17) is 21.5 Å². The van der Waals surface area contributed by atoms with Crippen LogP contribution in [0.2, 0.25) is 5.02 Å². The molecule has 0 fully saturated rings. The molecule has 4 nitrogen and oxygen atoms in total. The van der Waals surface area contributed by atoms with Crippen LogP contribution in [0.5, 0.6) is 11.5 Å². The van der Waals surface area contributed by atoms with E-state index in [9.17, 15) is 5.11 Å². The van der Waals surface area contributed by atoms with Crippen LogP contribution in [-0.2, 0) is 6.54 Å². The van der Waals surface area contributed by atoms with Crippen LogP contribution >= 0.6 is 11.6 Å². The quantitative estimate of drug-likeness (QED) is 0.652. The summed E-state index contributed by atoms with van der Waals surface area (Å²) in [6, 6.07) is 2.92. The number of hydrogen-bond donors (Lipinski definition) is 3. The molecule has 13 heavy (non-hydrogen) atoms. The molecule has 0 spiro atoms. The van der Waals surface area contributed by atoms with Crippen molar-refractivity contribution >= 4 is 11.6 Å². The van der Waals surface area contributed by atoms with Gasteiger partial charge in [0, 0.05) is 18.2 Å². The van der Waals surface area contributed by atoms with E-state index in [1.807, 2.05) is 5.48 Å². The van der Waals surface area contributed by atoms with Gasteiger partial charge < -0.3 is 15.1 Å². The van der Waals surface area contributed by atoms with Gasteiger partial charge in [0.25, 0.3) is 0 Å². The van der Waals surface area contributed by atoms with Gasteiger partial charge in [0.15, 0.2) is 0 Å². The molecule has 0 heterocycles. The van der Waals surface area contributed by atoms with Crippen molar-refractivity contribution in [2.24, 2.45) is 0 Å². The van der Waals surface area contributed by atoms with Crippen LogP contribution in [-0.4, -0.2) is 17.4 Å². The van der Waals surface area contributed by atoms with E-state index in [1.54, 1.807) is 0 Å². The van der Waals surface area contributed by atoms with E-state index < -0.39 is 0 Å². The summed E-state index contributed by atoms with van der Waals surface area (Å²) in [5, 5.41) is 18.2. The number of hydroxylamine groups is 1. The van der Waals surface area contributed by atoms with Gasteiger partial charge in [-0.1, -0.05) is 11.6 Å². The minimum Gasteiger partial charge on any atom is -0.507 e. The summed E-state index contributed by atoms with van der Waals surface area (Å²) in [7, 11) is 1.46. The van der Waals surface area contributed by atoms with Gasteiger partial charge in [-0.3, -0.25) is 0 Å². The molecule has 0 radical (unpaired) electrons. The molecule has 0 atom stereocenters. The molecule has 0 saturated carbocycles. The molecule has 0 saturated heterocycles. The number of aromatic hydroxyl groups is 1. The Hall–Kier alpha value is -0.970. The van der Waals surface area contributed by atoms with Crippen LogP contribution in [0.15, 0.2) is 12.1 Å². The minimum absolute atomic E-state index is 0.0304. The lowest BCUT2D eigenvalue weighted by Gasteiger charge is -2.07. The molecule has 0 aliphatic carbocycles. The van der Waals surface area contributed by atoms with Crippen molar-refractivity contribution in [3.63, 3.8) is 0 Å². The molecule has 1 rings (SSSR count). The first-order chi connectivity index (χ1) is 6.19. The van der Waals surface area contributed by atoms with Crippen LogP contribution in [0.3, 0.4) is 0 Å². The molecule has 0 aliphatic heterocycles. The maximum Gasteiger partial charge on any atom is 0.141 e. The van der Waals surface area contributed by atoms with E-state index >= 15 is 0 Å². The summed E-state index contributed by atoms with van der Waals surface area (Å²) in [5.41, 5.74) is 2.44. The standard InChI is InChI=1S/C8H10ClNO3/c1-13-8-3-7(11)5(4-10-12)2-6(8)9/h2-3,10-12H,4H2,1H3. The van der Waals surface area contributed by atoms with Gasteiger partial charge in [-0.05, 0) is 6.07 Å². The molecular weight excluding hydrogens is 194 g/mol. The molecule has 3 N–H and O–H groups in total. The number of hydrogen-bond acceptors (Lipinski definition) is 4. The fourth-order valence-electron chi connectivity index (χ4n) is 0.967. The number of nitrogens with one attached hydrogen (secondary N) is 1. The second-order valence-electron chi connectivity index (χ2n) is 2.45. The van der Waals surface area contributed by atoms with Crippen molar-refractivity contribution in [3.8, 4) is 11.5 Å². The van der Waals surface area contributed by atoms with E-state index in [2.05, 4.69) is 0 Å². The van der Waals surface area contributed by atoms with Gasteiger partial charge in [0.05, 0.1) is 12.1 Å². The number of phenolic OH excluding ortho intramolecular Hbond substituents is 1. The maximum absolute atomic E-state index is 9.39. The SMILES string of the molecule is COc1cc(O)c(CNO)cc1Cl. The number of phenols is 1. The lowest BCUT2D eigenvalue weighted by atomic mass is 10.2. The highest BCUT2D eigenvalue weighted by molar-refractivity contribution is 6.32. The second kappa shape index (κ2) is 4.32. The topological polar surface area (TPSA) is 61.7 Å². The summed E-state index contributed by atoms with van der Waals surface area (Å²) >= 11 is 5.79. The zero-order valence-corrected chi connectivity index (χ0v) is 7.80. The largest absolute Gasteiger partial charge is 0.507 e. The molecule has 0 unspecified atom stereocenters. The normalized spacial score (nSPS) is 10.1. The van der Waals surface area contributed by atoms with E-state index in [0.717, 1.165) is 0 Å². The van der Waals surface area contributed by atoms with Crippen molar-refractivity contribution in [3.05, 3.63) is 22.7 Å². The first-order valence-corrected chi connectivity index (χ1v) is 3.99. The third-order valence-corrected chi connectivity index (χ3v) is 1.92. The van der Waals surface area contributed by atoms with Gasteiger partial charge in [-0.2, -0.15) is 0 Å².